The molecule has 1 aromatic carbocycles. The van der Waals surface area contributed by atoms with Gasteiger partial charge in [0.1, 0.15) is 6.26 Å². The third-order valence-corrected chi connectivity index (χ3v) is 9.56. The molecule has 2 aromatic rings. The van der Waals surface area contributed by atoms with Crippen LogP contribution in [0.25, 0.3) is 0 Å². The Balaban J connectivity index is 1.60. The van der Waals surface area contributed by atoms with Crippen LogP contribution in [0.15, 0.2) is 44.7 Å². The minimum absolute atomic E-state index is 0.196. The van der Waals surface area contributed by atoms with E-state index in [1.165, 1.54) is 18.3 Å². The Kier molecular flexibility index (Phi) is 6.14. The summed E-state index contributed by atoms with van der Waals surface area (Å²) in [6.07, 6.45) is 6.45. The molecule has 1 unspecified atom stereocenters. The van der Waals surface area contributed by atoms with Crippen LogP contribution in [0.5, 0.6) is 0 Å². The number of carbonyl (C=O) groups is 1. The maximum atomic E-state index is 13.0. The largest absolute Gasteiger partial charge is 0.611 e. The van der Waals surface area contributed by atoms with E-state index in [0.29, 0.717) is 27.7 Å². The topological polar surface area (TPSA) is 115 Å². The van der Waals surface area contributed by atoms with Gasteiger partial charge in [-0.1, -0.05) is 12.1 Å². The van der Waals surface area contributed by atoms with Crippen molar-refractivity contribution in [3.8, 4) is 0 Å². The van der Waals surface area contributed by atoms with Crippen molar-refractivity contribution in [2.45, 2.75) is 40.0 Å². The van der Waals surface area contributed by atoms with Crippen LogP contribution in [0.4, 0.5) is 5.13 Å². The molecule has 1 aliphatic heterocycles. The van der Waals surface area contributed by atoms with Gasteiger partial charge in [0.15, 0.2) is 20.7 Å². The van der Waals surface area contributed by atoms with E-state index in [1.54, 1.807) is 18.4 Å². The third-order valence-electron chi connectivity index (χ3n) is 4.95. The monoisotopic (exact) mass is 466 g/mol. The lowest BCUT2D eigenvalue weighted by molar-refractivity contribution is -0.110. The molecule has 1 N–H and O–H groups in total. The molecule has 1 atom stereocenters. The summed E-state index contributed by atoms with van der Waals surface area (Å²) < 4.78 is 37.0. The number of benzene rings is 1. The summed E-state index contributed by atoms with van der Waals surface area (Å²) in [6, 6.07) is 6.32. The number of hydrogen-bond donors (Lipinski definition) is 1. The van der Waals surface area contributed by atoms with Crippen molar-refractivity contribution in [1.82, 2.24) is 9.99 Å². The van der Waals surface area contributed by atoms with Crippen molar-refractivity contribution in [3.63, 3.8) is 0 Å². The SMILES string of the molecule is C[S+]([O-])c1cnc(NC(=O)/C(=N/N2CCCC2)c2ccc(S(=O)(=O)C3CC3)cc2)s1. The number of carbonyl (C=O) groups excluding carboxylic acids is 1. The van der Waals surface area contributed by atoms with Gasteiger partial charge in [0.05, 0.1) is 16.3 Å². The van der Waals surface area contributed by atoms with Gasteiger partial charge in [0.25, 0.3) is 5.91 Å². The zero-order valence-corrected chi connectivity index (χ0v) is 18.9. The average molecular weight is 467 g/mol. The molecule has 1 aliphatic carbocycles. The number of sulfone groups is 1. The zero-order chi connectivity index (χ0) is 21.3. The lowest BCUT2D eigenvalue weighted by Gasteiger charge is -2.14. The number of amides is 1. The van der Waals surface area contributed by atoms with Crippen LogP contribution in [0.3, 0.4) is 0 Å². The Morgan fingerprint density at radius 3 is 2.50 bits per heavy atom. The van der Waals surface area contributed by atoms with Crippen LogP contribution in [0, 0.1) is 0 Å². The highest BCUT2D eigenvalue weighted by Gasteiger charge is 2.36. The molecule has 0 bridgehead atoms. The van der Waals surface area contributed by atoms with Crippen molar-refractivity contribution in [2.75, 3.05) is 24.7 Å². The van der Waals surface area contributed by atoms with Gasteiger partial charge in [-0.3, -0.25) is 15.1 Å². The summed E-state index contributed by atoms with van der Waals surface area (Å²) >= 11 is -0.0246. The fraction of sp³-hybridized carbons (Fsp3) is 0.421. The van der Waals surface area contributed by atoms with Gasteiger partial charge in [-0.15, -0.1) is 0 Å². The van der Waals surface area contributed by atoms with Crippen LogP contribution in [0.1, 0.15) is 31.2 Å². The van der Waals surface area contributed by atoms with E-state index in [2.05, 4.69) is 15.4 Å². The summed E-state index contributed by atoms with van der Waals surface area (Å²) in [5.74, 6) is -0.442. The van der Waals surface area contributed by atoms with E-state index in [4.69, 9.17) is 0 Å². The van der Waals surface area contributed by atoms with E-state index >= 15 is 0 Å². The van der Waals surface area contributed by atoms with Gasteiger partial charge in [-0.2, -0.15) is 5.10 Å². The van der Waals surface area contributed by atoms with E-state index in [1.807, 2.05) is 5.01 Å². The van der Waals surface area contributed by atoms with Crippen LogP contribution in [0.2, 0.25) is 0 Å². The molecule has 1 aromatic heterocycles. The fourth-order valence-corrected chi connectivity index (χ4v) is 6.27. The highest BCUT2D eigenvalue weighted by atomic mass is 32.2. The van der Waals surface area contributed by atoms with Gasteiger partial charge in [0.2, 0.25) is 4.21 Å². The van der Waals surface area contributed by atoms with E-state index < -0.39 is 26.9 Å². The van der Waals surface area contributed by atoms with Crippen molar-refractivity contribution in [3.05, 3.63) is 36.0 Å². The molecule has 4 rings (SSSR count). The molecule has 0 radical (unpaired) electrons. The molecule has 2 heterocycles. The van der Waals surface area contributed by atoms with Gasteiger partial charge >= 0.3 is 0 Å². The molecule has 1 amide bonds. The van der Waals surface area contributed by atoms with Gasteiger partial charge in [-0.05, 0) is 60.3 Å². The number of hydrazone groups is 1. The Bertz CT molecular complexity index is 1050. The summed E-state index contributed by atoms with van der Waals surface area (Å²) in [7, 11) is -3.29. The first-order chi connectivity index (χ1) is 14.3. The molecular formula is C19H22N4O4S3. The van der Waals surface area contributed by atoms with Gasteiger partial charge < -0.3 is 4.55 Å². The second-order valence-electron chi connectivity index (χ2n) is 7.27. The van der Waals surface area contributed by atoms with Gasteiger partial charge in [-0.25, -0.2) is 13.4 Å². The number of aromatic nitrogens is 1. The maximum absolute atomic E-state index is 13.0. The van der Waals surface area contributed by atoms with Crippen LogP contribution >= 0.6 is 11.3 Å². The average Bonchev–Trinajstić information content (AvgIpc) is 3.27. The molecular weight excluding hydrogens is 444 g/mol. The Hall–Kier alpha value is -1.95. The lowest BCUT2D eigenvalue weighted by atomic mass is 10.1. The van der Waals surface area contributed by atoms with Crippen molar-refractivity contribution in [2.24, 2.45) is 5.10 Å². The molecule has 2 fully saturated rings. The Labute approximate surface area is 182 Å². The normalized spacial score (nSPS) is 18.5. The highest BCUT2D eigenvalue weighted by Crippen LogP contribution is 2.33. The van der Waals surface area contributed by atoms with Crippen LogP contribution in [-0.4, -0.2) is 59.2 Å². The smallest absolute Gasteiger partial charge is 0.278 e. The van der Waals surface area contributed by atoms with Crippen LogP contribution in [-0.2, 0) is 25.8 Å². The Morgan fingerprint density at radius 1 is 1.27 bits per heavy atom. The first-order valence-corrected chi connectivity index (χ1v) is 13.5. The first-order valence-electron chi connectivity index (χ1n) is 9.63. The number of rotatable bonds is 7. The second-order valence-corrected chi connectivity index (χ2v) is 12.1. The summed E-state index contributed by atoms with van der Waals surface area (Å²) in [5.41, 5.74) is 0.728. The zero-order valence-electron chi connectivity index (χ0n) is 16.4. The number of anilines is 1. The number of hydrogen-bond acceptors (Lipinski definition) is 8. The maximum Gasteiger partial charge on any atom is 0.278 e. The molecule has 30 heavy (non-hydrogen) atoms. The number of nitrogens with one attached hydrogen (secondary N) is 1. The van der Waals surface area contributed by atoms with Crippen molar-refractivity contribution in [1.29, 1.82) is 0 Å². The predicted molar refractivity (Wildman–Crippen MR) is 117 cm³/mol. The summed E-state index contributed by atoms with van der Waals surface area (Å²) in [5, 5.41) is 9.15. The predicted octanol–water partition coefficient (Wildman–Crippen LogP) is 2.26. The molecule has 2 aliphatic rings. The minimum Gasteiger partial charge on any atom is -0.611 e. The molecule has 11 heteroatoms. The molecule has 8 nitrogen and oxygen atoms in total. The molecule has 160 valence electrons. The van der Waals surface area contributed by atoms with E-state index in [9.17, 15) is 17.8 Å². The third kappa shape index (κ3) is 4.69. The van der Waals surface area contributed by atoms with Crippen LogP contribution < -0.4 is 5.32 Å². The fourth-order valence-electron chi connectivity index (χ4n) is 3.16. The summed E-state index contributed by atoms with van der Waals surface area (Å²) in [6.45, 7) is 1.53. The van der Waals surface area contributed by atoms with Crippen molar-refractivity contribution >= 4 is 49.1 Å². The molecule has 0 spiro atoms. The first kappa shape index (κ1) is 21.3. The van der Waals surface area contributed by atoms with E-state index in [0.717, 1.165) is 37.3 Å². The minimum atomic E-state index is -3.29. The second kappa shape index (κ2) is 8.66. The van der Waals surface area contributed by atoms with Crippen molar-refractivity contribution < 1.29 is 17.8 Å². The number of nitrogens with zero attached hydrogens (tertiary/aromatic N) is 3. The highest BCUT2D eigenvalue weighted by molar-refractivity contribution is 7.93. The molecule has 1 saturated carbocycles. The summed E-state index contributed by atoms with van der Waals surface area (Å²) in [4.78, 5) is 17.4. The standard InChI is InChI=1S/C19H22N4O4S3/c1-29(25)16-12-20-19(28-16)21-18(24)17(22-23-10-2-3-11-23)13-4-6-14(7-5-13)30(26,27)15-8-9-15/h4-7,12,15H,2-3,8-11H2,1H3,(H,20,21,24)/b22-17+. The molecule has 1 saturated heterocycles. The van der Waals surface area contributed by atoms with E-state index in [-0.39, 0.29) is 15.9 Å². The quantitative estimate of drug-likeness (QED) is 0.494. The van der Waals surface area contributed by atoms with Gasteiger partial charge in [0, 0.05) is 18.7 Å². The Morgan fingerprint density at radius 2 is 1.93 bits per heavy atom. The number of thiazole rings is 1. The lowest BCUT2D eigenvalue weighted by Crippen LogP contribution is -2.27.